The van der Waals surface area contributed by atoms with E-state index < -0.39 is 0 Å². The SMILES string of the molecule is CCCNC(c1cc(OC)cc(OC)c1)c1ccncn1. The number of nitrogens with zero attached hydrogens (tertiary/aromatic N) is 2. The number of hydrogen-bond acceptors (Lipinski definition) is 5. The molecule has 5 heteroatoms. The Balaban J connectivity index is 2.40. The van der Waals surface area contributed by atoms with Crippen LogP contribution >= 0.6 is 0 Å². The summed E-state index contributed by atoms with van der Waals surface area (Å²) in [6.45, 7) is 3.03. The molecule has 1 unspecified atom stereocenters. The first-order valence-corrected chi connectivity index (χ1v) is 7.00. The van der Waals surface area contributed by atoms with Crippen molar-refractivity contribution in [3.8, 4) is 11.5 Å². The molecule has 0 fully saturated rings. The zero-order valence-electron chi connectivity index (χ0n) is 12.7. The van der Waals surface area contributed by atoms with Crippen molar-refractivity contribution in [3.63, 3.8) is 0 Å². The van der Waals surface area contributed by atoms with Crippen molar-refractivity contribution in [2.24, 2.45) is 0 Å². The van der Waals surface area contributed by atoms with E-state index in [0.29, 0.717) is 0 Å². The van der Waals surface area contributed by atoms with Crippen LogP contribution in [0.25, 0.3) is 0 Å². The Labute approximate surface area is 125 Å². The summed E-state index contributed by atoms with van der Waals surface area (Å²) in [4.78, 5) is 8.35. The summed E-state index contributed by atoms with van der Waals surface area (Å²) in [6, 6.07) is 7.76. The van der Waals surface area contributed by atoms with Crippen molar-refractivity contribution in [1.82, 2.24) is 15.3 Å². The number of benzene rings is 1. The molecule has 0 amide bonds. The van der Waals surface area contributed by atoms with Gasteiger partial charge in [0.2, 0.25) is 0 Å². The lowest BCUT2D eigenvalue weighted by molar-refractivity contribution is 0.392. The van der Waals surface area contributed by atoms with E-state index >= 15 is 0 Å². The molecule has 2 rings (SSSR count). The minimum atomic E-state index is -0.0167. The van der Waals surface area contributed by atoms with E-state index in [-0.39, 0.29) is 6.04 Å². The maximum atomic E-state index is 5.35. The smallest absolute Gasteiger partial charge is 0.122 e. The van der Waals surface area contributed by atoms with E-state index in [9.17, 15) is 0 Å². The second-order valence-corrected chi connectivity index (χ2v) is 4.67. The molecule has 0 spiro atoms. The molecule has 1 aromatic carbocycles. The number of methoxy groups -OCH3 is 2. The first-order chi connectivity index (χ1) is 10.3. The van der Waals surface area contributed by atoms with Gasteiger partial charge in [0.15, 0.2) is 0 Å². The predicted octanol–water partition coefficient (Wildman–Crippen LogP) is 2.58. The quantitative estimate of drug-likeness (QED) is 0.848. The van der Waals surface area contributed by atoms with Crippen LogP contribution in [0.3, 0.4) is 0 Å². The molecular weight excluding hydrogens is 266 g/mol. The van der Waals surface area contributed by atoms with Crippen LogP contribution in [0, 0.1) is 0 Å². The van der Waals surface area contributed by atoms with Crippen LogP contribution in [-0.4, -0.2) is 30.7 Å². The Bertz CT molecular complexity index is 538. The molecule has 21 heavy (non-hydrogen) atoms. The topological polar surface area (TPSA) is 56.3 Å². The third kappa shape index (κ3) is 3.92. The van der Waals surface area contributed by atoms with Crippen LogP contribution in [0.1, 0.15) is 30.6 Å². The normalized spacial score (nSPS) is 12.0. The number of rotatable bonds is 7. The monoisotopic (exact) mass is 287 g/mol. The van der Waals surface area contributed by atoms with E-state index in [0.717, 1.165) is 35.7 Å². The van der Waals surface area contributed by atoms with Gasteiger partial charge in [0.05, 0.1) is 26.0 Å². The molecule has 112 valence electrons. The molecule has 1 heterocycles. The van der Waals surface area contributed by atoms with Crippen LogP contribution in [0.5, 0.6) is 11.5 Å². The van der Waals surface area contributed by atoms with Gasteiger partial charge in [-0.1, -0.05) is 6.92 Å². The zero-order chi connectivity index (χ0) is 15.1. The van der Waals surface area contributed by atoms with Crippen molar-refractivity contribution in [2.75, 3.05) is 20.8 Å². The van der Waals surface area contributed by atoms with Crippen molar-refractivity contribution in [3.05, 3.63) is 48.0 Å². The first-order valence-electron chi connectivity index (χ1n) is 7.00. The standard InChI is InChI=1S/C16H21N3O2/c1-4-6-18-16(15-5-7-17-11-19-15)12-8-13(20-2)10-14(9-12)21-3/h5,7-11,16,18H,4,6H2,1-3H3. The van der Waals surface area contributed by atoms with Crippen LogP contribution in [0.4, 0.5) is 0 Å². The second-order valence-electron chi connectivity index (χ2n) is 4.67. The molecule has 0 aliphatic carbocycles. The average Bonchev–Trinajstić information content (AvgIpc) is 2.55. The Kier molecular flexibility index (Phi) is 5.51. The van der Waals surface area contributed by atoms with Gasteiger partial charge in [0.25, 0.3) is 0 Å². The fourth-order valence-electron chi connectivity index (χ4n) is 2.15. The molecule has 0 aliphatic heterocycles. The van der Waals surface area contributed by atoms with Crippen molar-refractivity contribution in [2.45, 2.75) is 19.4 Å². The highest BCUT2D eigenvalue weighted by atomic mass is 16.5. The molecule has 0 bridgehead atoms. The zero-order valence-corrected chi connectivity index (χ0v) is 12.7. The van der Waals surface area contributed by atoms with Gasteiger partial charge in [-0.2, -0.15) is 0 Å². The maximum absolute atomic E-state index is 5.35. The third-order valence-electron chi connectivity index (χ3n) is 3.21. The average molecular weight is 287 g/mol. The van der Waals surface area contributed by atoms with Crippen LogP contribution in [0.15, 0.2) is 36.8 Å². The van der Waals surface area contributed by atoms with Gasteiger partial charge < -0.3 is 14.8 Å². The summed E-state index contributed by atoms with van der Waals surface area (Å²) in [5.41, 5.74) is 1.98. The molecule has 0 saturated heterocycles. The van der Waals surface area contributed by atoms with Crippen LogP contribution < -0.4 is 14.8 Å². The van der Waals surface area contributed by atoms with E-state index in [1.807, 2.05) is 24.3 Å². The lowest BCUT2D eigenvalue weighted by Gasteiger charge is -2.19. The summed E-state index contributed by atoms with van der Waals surface area (Å²) >= 11 is 0. The fourth-order valence-corrected chi connectivity index (χ4v) is 2.15. The molecule has 0 saturated carbocycles. The highest BCUT2D eigenvalue weighted by Crippen LogP contribution is 2.29. The van der Waals surface area contributed by atoms with Gasteiger partial charge >= 0.3 is 0 Å². The highest BCUT2D eigenvalue weighted by Gasteiger charge is 2.16. The largest absolute Gasteiger partial charge is 0.497 e. The van der Waals surface area contributed by atoms with Crippen LogP contribution in [-0.2, 0) is 0 Å². The van der Waals surface area contributed by atoms with Gasteiger partial charge in [-0.05, 0) is 36.7 Å². The van der Waals surface area contributed by atoms with Gasteiger partial charge in [0.1, 0.15) is 17.8 Å². The van der Waals surface area contributed by atoms with E-state index in [1.54, 1.807) is 26.7 Å². The number of nitrogens with one attached hydrogen (secondary N) is 1. The van der Waals surface area contributed by atoms with Gasteiger partial charge in [0, 0.05) is 12.3 Å². The molecule has 0 radical (unpaired) electrons. The predicted molar refractivity (Wildman–Crippen MR) is 81.7 cm³/mol. The number of hydrogen-bond donors (Lipinski definition) is 1. The second kappa shape index (κ2) is 7.59. The Hall–Kier alpha value is -2.14. The Morgan fingerprint density at radius 3 is 2.38 bits per heavy atom. The Morgan fingerprint density at radius 1 is 1.14 bits per heavy atom. The summed E-state index contributed by atoms with van der Waals surface area (Å²) in [5.74, 6) is 1.53. The highest BCUT2D eigenvalue weighted by molar-refractivity contribution is 5.42. The molecule has 2 aromatic rings. The van der Waals surface area contributed by atoms with E-state index in [4.69, 9.17) is 9.47 Å². The summed E-state index contributed by atoms with van der Waals surface area (Å²) < 4.78 is 10.7. The minimum absolute atomic E-state index is 0.0167. The first kappa shape index (κ1) is 15.3. The molecular formula is C16H21N3O2. The van der Waals surface area contributed by atoms with Gasteiger partial charge in [-0.3, -0.25) is 0 Å². The van der Waals surface area contributed by atoms with Gasteiger partial charge in [-0.15, -0.1) is 0 Å². The van der Waals surface area contributed by atoms with Crippen molar-refractivity contribution >= 4 is 0 Å². The molecule has 1 N–H and O–H groups in total. The molecule has 1 atom stereocenters. The molecule has 5 nitrogen and oxygen atoms in total. The minimum Gasteiger partial charge on any atom is -0.497 e. The van der Waals surface area contributed by atoms with E-state index in [1.165, 1.54) is 0 Å². The lowest BCUT2D eigenvalue weighted by atomic mass is 10.0. The summed E-state index contributed by atoms with van der Waals surface area (Å²) in [5, 5.41) is 3.50. The fraction of sp³-hybridized carbons (Fsp3) is 0.375. The molecule has 0 aliphatic rings. The summed E-state index contributed by atoms with van der Waals surface area (Å²) in [6.07, 6.45) is 4.36. The van der Waals surface area contributed by atoms with Crippen LogP contribution in [0.2, 0.25) is 0 Å². The van der Waals surface area contributed by atoms with Crippen molar-refractivity contribution in [1.29, 1.82) is 0 Å². The maximum Gasteiger partial charge on any atom is 0.122 e. The van der Waals surface area contributed by atoms with E-state index in [2.05, 4.69) is 22.2 Å². The Morgan fingerprint density at radius 2 is 1.86 bits per heavy atom. The molecule has 1 aromatic heterocycles. The summed E-state index contributed by atoms with van der Waals surface area (Å²) in [7, 11) is 3.30. The number of aromatic nitrogens is 2. The third-order valence-corrected chi connectivity index (χ3v) is 3.21. The number of ether oxygens (including phenoxy) is 2. The lowest BCUT2D eigenvalue weighted by Crippen LogP contribution is -2.24. The van der Waals surface area contributed by atoms with Gasteiger partial charge in [-0.25, -0.2) is 9.97 Å². The van der Waals surface area contributed by atoms with Crippen molar-refractivity contribution < 1.29 is 9.47 Å².